The van der Waals surface area contributed by atoms with Crippen molar-refractivity contribution in [3.63, 3.8) is 0 Å². The molecular weight excluding hydrogens is 254 g/mol. The van der Waals surface area contributed by atoms with Crippen LogP contribution in [0.5, 0.6) is 0 Å². The van der Waals surface area contributed by atoms with E-state index in [0.29, 0.717) is 17.1 Å². The topological polar surface area (TPSA) is 37.8 Å². The fraction of sp³-hybridized carbons (Fsp3) is 0.667. The zero-order valence-electron chi connectivity index (χ0n) is 9.87. The Morgan fingerprint density at radius 2 is 2.12 bits per heavy atom. The first kappa shape index (κ1) is 11.6. The predicted molar refractivity (Wildman–Crippen MR) is 73.1 cm³/mol. The SMILES string of the molecule is Cc1c(Cl)nc(C2CC2)nc1NC1CCSC1. The van der Waals surface area contributed by atoms with E-state index in [9.17, 15) is 0 Å². The molecule has 3 nitrogen and oxygen atoms in total. The molecule has 1 aliphatic carbocycles. The van der Waals surface area contributed by atoms with Crippen molar-refractivity contribution in [1.82, 2.24) is 9.97 Å². The van der Waals surface area contributed by atoms with Gasteiger partial charge in [-0.3, -0.25) is 0 Å². The number of anilines is 1. The van der Waals surface area contributed by atoms with E-state index in [4.69, 9.17) is 11.6 Å². The summed E-state index contributed by atoms with van der Waals surface area (Å²) in [4.78, 5) is 9.02. The molecule has 1 atom stereocenters. The van der Waals surface area contributed by atoms with Crippen molar-refractivity contribution >= 4 is 29.2 Å². The van der Waals surface area contributed by atoms with E-state index < -0.39 is 0 Å². The molecule has 1 saturated heterocycles. The van der Waals surface area contributed by atoms with Crippen LogP contribution in [-0.4, -0.2) is 27.5 Å². The van der Waals surface area contributed by atoms with Gasteiger partial charge in [0.25, 0.3) is 0 Å². The molecule has 1 aromatic rings. The molecule has 0 bridgehead atoms. The van der Waals surface area contributed by atoms with Gasteiger partial charge in [0.05, 0.1) is 0 Å². The number of nitrogens with one attached hydrogen (secondary N) is 1. The number of hydrogen-bond acceptors (Lipinski definition) is 4. The fourth-order valence-corrected chi connectivity index (χ4v) is 3.34. The third-order valence-electron chi connectivity index (χ3n) is 3.32. The lowest BCUT2D eigenvalue weighted by Gasteiger charge is -2.15. The van der Waals surface area contributed by atoms with Gasteiger partial charge in [0.1, 0.15) is 16.8 Å². The predicted octanol–water partition coefficient (Wildman–Crippen LogP) is 3.23. The first-order valence-electron chi connectivity index (χ1n) is 6.12. The van der Waals surface area contributed by atoms with Gasteiger partial charge in [-0.05, 0) is 31.9 Å². The van der Waals surface area contributed by atoms with E-state index in [1.54, 1.807) is 0 Å². The number of halogens is 1. The maximum absolute atomic E-state index is 6.18. The summed E-state index contributed by atoms with van der Waals surface area (Å²) in [5.74, 6) is 4.82. The van der Waals surface area contributed by atoms with E-state index in [1.807, 2.05) is 18.7 Å². The second-order valence-electron chi connectivity index (χ2n) is 4.83. The Labute approximate surface area is 111 Å². The van der Waals surface area contributed by atoms with E-state index in [-0.39, 0.29) is 0 Å². The van der Waals surface area contributed by atoms with Crippen LogP contribution < -0.4 is 5.32 Å². The second-order valence-corrected chi connectivity index (χ2v) is 6.33. The first-order valence-corrected chi connectivity index (χ1v) is 7.65. The molecule has 0 aromatic carbocycles. The smallest absolute Gasteiger partial charge is 0.137 e. The van der Waals surface area contributed by atoms with E-state index in [2.05, 4.69) is 15.3 Å². The summed E-state index contributed by atoms with van der Waals surface area (Å²) in [6.45, 7) is 1.99. The molecule has 1 aromatic heterocycles. The minimum atomic E-state index is 0.539. The highest BCUT2D eigenvalue weighted by molar-refractivity contribution is 7.99. The average molecular weight is 270 g/mol. The lowest BCUT2D eigenvalue weighted by Crippen LogP contribution is -2.20. The number of thioether (sulfide) groups is 1. The Kier molecular flexibility index (Phi) is 3.17. The van der Waals surface area contributed by atoms with Crippen molar-refractivity contribution in [2.75, 3.05) is 16.8 Å². The average Bonchev–Trinajstić information content (AvgIpc) is 3.04. The van der Waals surface area contributed by atoms with Gasteiger partial charge in [-0.1, -0.05) is 11.6 Å². The summed E-state index contributed by atoms with van der Waals surface area (Å²) in [5, 5.41) is 4.12. The Balaban J connectivity index is 1.85. The monoisotopic (exact) mass is 269 g/mol. The van der Waals surface area contributed by atoms with Crippen LogP contribution in [0.25, 0.3) is 0 Å². The molecule has 5 heteroatoms. The third-order valence-corrected chi connectivity index (χ3v) is 4.85. The zero-order chi connectivity index (χ0) is 11.8. The first-order chi connectivity index (χ1) is 8.24. The van der Waals surface area contributed by atoms with Crippen molar-refractivity contribution < 1.29 is 0 Å². The maximum atomic E-state index is 6.18. The van der Waals surface area contributed by atoms with Crippen molar-refractivity contribution in [3.05, 3.63) is 16.5 Å². The quantitative estimate of drug-likeness (QED) is 0.855. The minimum absolute atomic E-state index is 0.539. The molecule has 2 heterocycles. The van der Waals surface area contributed by atoms with Crippen molar-refractivity contribution in [2.45, 2.75) is 38.1 Å². The van der Waals surface area contributed by atoms with Gasteiger partial charge < -0.3 is 5.32 Å². The number of nitrogens with zero attached hydrogens (tertiary/aromatic N) is 2. The number of hydrogen-bond donors (Lipinski definition) is 1. The Morgan fingerprint density at radius 1 is 1.29 bits per heavy atom. The van der Waals surface area contributed by atoms with Gasteiger partial charge in [0.2, 0.25) is 0 Å². The van der Waals surface area contributed by atoms with Crippen LogP contribution in [0.2, 0.25) is 5.15 Å². The summed E-state index contributed by atoms with van der Waals surface area (Å²) < 4.78 is 0. The molecule has 1 aliphatic heterocycles. The van der Waals surface area contributed by atoms with Gasteiger partial charge in [0, 0.05) is 23.3 Å². The van der Waals surface area contributed by atoms with Crippen LogP contribution in [-0.2, 0) is 0 Å². The lowest BCUT2D eigenvalue weighted by molar-refractivity contribution is 0.796. The van der Waals surface area contributed by atoms with Gasteiger partial charge >= 0.3 is 0 Å². The second kappa shape index (κ2) is 4.65. The molecule has 2 aliphatic rings. The highest BCUT2D eigenvalue weighted by atomic mass is 35.5. The number of rotatable bonds is 3. The maximum Gasteiger partial charge on any atom is 0.137 e. The standard InChI is InChI=1S/C12H16ClN3S/c1-7-10(13)15-12(8-2-3-8)16-11(7)14-9-4-5-17-6-9/h8-9H,2-6H2,1H3,(H,14,15,16). The Morgan fingerprint density at radius 3 is 2.76 bits per heavy atom. The molecule has 17 heavy (non-hydrogen) atoms. The van der Waals surface area contributed by atoms with Crippen LogP contribution in [0.1, 0.15) is 36.6 Å². The summed E-state index contributed by atoms with van der Waals surface area (Å²) in [7, 11) is 0. The summed E-state index contributed by atoms with van der Waals surface area (Å²) in [6.07, 6.45) is 3.63. The van der Waals surface area contributed by atoms with Crippen molar-refractivity contribution in [3.8, 4) is 0 Å². The van der Waals surface area contributed by atoms with Gasteiger partial charge in [-0.2, -0.15) is 11.8 Å². The van der Waals surface area contributed by atoms with Crippen LogP contribution in [0.15, 0.2) is 0 Å². The van der Waals surface area contributed by atoms with E-state index in [1.165, 1.54) is 30.8 Å². The van der Waals surface area contributed by atoms with E-state index in [0.717, 1.165) is 17.2 Å². The molecule has 1 unspecified atom stereocenters. The fourth-order valence-electron chi connectivity index (χ4n) is 2.01. The molecular formula is C12H16ClN3S. The van der Waals surface area contributed by atoms with Gasteiger partial charge in [-0.15, -0.1) is 0 Å². The number of aromatic nitrogens is 2. The third kappa shape index (κ3) is 2.52. The molecule has 1 N–H and O–H groups in total. The molecule has 0 radical (unpaired) electrons. The summed E-state index contributed by atoms with van der Waals surface area (Å²) >= 11 is 8.18. The highest BCUT2D eigenvalue weighted by Crippen LogP contribution is 2.39. The van der Waals surface area contributed by atoms with Gasteiger partial charge in [0.15, 0.2) is 0 Å². The molecule has 3 rings (SSSR count). The summed E-state index contributed by atoms with van der Waals surface area (Å²) in [6, 6.07) is 0.539. The molecule has 1 saturated carbocycles. The normalized spacial score (nSPS) is 24.0. The van der Waals surface area contributed by atoms with Gasteiger partial charge in [-0.25, -0.2) is 9.97 Å². The highest BCUT2D eigenvalue weighted by Gasteiger charge is 2.28. The molecule has 92 valence electrons. The van der Waals surface area contributed by atoms with Crippen LogP contribution in [0, 0.1) is 6.92 Å². The Bertz CT molecular complexity index is 428. The minimum Gasteiger partial charge on any atom is -0.366 e. The summed E-state index contributed by atoms with van der Waals surface area (Å²) in [5.41, 5.74) is 0.980. The molecule has 0 spiro atoms. The van der Waals surface area contributed by atoms with Crippen LogP contribution >= 0.6 is 23.4 Å². The zero-order valence-corrected chi connectivity index (χ0v) is 11.4. The largest absolute Gasteiger partial charge is 0.366 e. The Hall–Kier alpha value is -0.480. The van der Waals surface area contributed by atoms with Crippen molar-refractivity contribution in [2.24, 2.45) is 0 Å². The van der Waals surface area contributed by atoms with Crippen LogP contribution in [0.4, 0.5) is 5.82 Å². The lowest BCUT2D eigenvalue weighted by atomic mass is 10.2. The molecule has 2 fully saturated rings. The molecule has 0 amide bonds. The van der Waals surface area contributed by atoms with E-state index >= 15 is 0 Å². The van der Waals surface area contributed by atoms with Crippen LogP contribution in [0.3, 0.4) is 0 Å². The van der Waals surface area contributed by atoms with Crippen molar-refractivity contribution in [1.29, 1.82) is 0 Å².